The molecule has 1 unspecified atom stereocenters. The number of anilines is 1. The molecule has 10 heteroatoms. The third-order valence-electron chi connectivity index (χ3n) is 8.31. The minimum Gasteiger partial charge on any atom is -0.342 e. The zero-order chi connectivity index (χ0) is 29.6. The van der Waals surface area contributed by atoms with Gasteiger partial charge >= 0.3 is 0 Å². The third-order valence-corrected chi connectivity index (χ3v) is 9.69. The predicted octanol–water partition coefficient (Wildman–Crippen LogP) is 4.82. The van der Waals surface area contributed by atoms with Crippen LogP contribution in [0.5, 0.6) is 0 Å². The first-order chi connectivity index (χ1) is 20.8. The van der Waals surface area contributed by atoms with Crippen molar-refractivity contribution in [2.75, 3.05) is 18.0 Å². The SMILES string of the molecule is NS(=O)(=O)c1cc2c(cc1Cl)=NC(c1ccc(CN3CCC(c4nc5ccccc5[nH]4)CC3)cc1)N(c1ccccc1)C=2. The molecule has 0 bridgehead atoms. The maximum absolute atomic E-state index is 12.1. The number of fused-ring (bicyclic) bond motifs is 2. The average molecular weight is 611 g/mol. The van der Waals surface area contributed by atoms with Gasteiger partial charge in [0.1, 0.15) is 10.7 Å². The minimum atomic E-state index is -3.98. The van der Waals surface area contributed by atoms with Crippen molar-refractivity contribution in [3.8, 4) is 0 Å². The molecule has 0 amide bonds. The van der Waals surface area contributed by atoms with Crippen molar-refractivity contribution in [1.82, 2.24) is 14.9 Å². The number of hydrogen-bond donors (Lipinski definition) is 2. The Morgan fingerprint density at radius 1 is 0.930 bits per heavy atom. The first-order valence-electron chi connectivity index (χ1n) is 14.3. The van der Waals surface area contributed by atoms with Crippen molar-refractivity contribution < 1.29 is 8.42 Å². The molecule has 1 fully saturated rings. The van der Waals surface area contributed by atoms with Gasteiger partial charge in [0.05, 0.1) is 21.4 Å². The summed E-state index contributed by atoms with van der Waals surface area (Å²) < 4.78 is 24.2. The van der Waals surface area contributed by atoms with Gasteiger partial charge in [-0.25, -0.2) is 18.5 Å². The number of H-pyrrole nitrogens is 1. The standard InChI is InChI=1S/C33H31ClN6O2S/c34-27-19-30-25(18-31(27)43(35,41)42)21-40(26-6-2-1-3-7-26)33(38-30)24-12-10-22(11-13-24)20-39-16-14-23(15-17-39)32-36-28-8-4-5-9-29(28)37-32/h1-13,18-19,21,23,33H,14-17,20H2,(H,36,37)(H2,35,41,42). The summed E-state index contributed by atoms with van der Waals surface area (Å²) in [6.45, 7) is 2.94. The number of halogens is 1. The van der Waals surface area contributed by atoms with Crippen LogP contribution in [0, 0.1) is 0 Å². The molecule has 1 aromatic heterocycles. The molecule has 0 spiro atoms. The molecule has 5 aromatic rings. The lowest BCUT2D eigenvalue weighted by atomic mass is 9.95. The zero-order valence-corrected chi connectivity index (χ0v) is 25.0. The first-order valence-corrected chi connectivity index (χ1v) is 16.3. The van der Waals surface area contributed by atoms with Crippen molar-refractivity contribution in [2.45, 2.75) is 36.4 Å². The molecule has 3 N–H and O–H groups in total. The number of primary sulfonamides is 1. The van der Waals surface area contributed by atoms with E-state index in [1.807, 2.05) is 53.6 Å². The molecule has 0 saturated carbocycles. The second-order valence-electron chi connectivity index (χ2n) is 11.2. The highest BCUT2D eigenvalue weighted by Crippen LogP contribution is 2.31. The van der Waals surface area contributed by atoms with Crippen LogP contribution in [0.2, 0.25) is 5.02 Å². The number of nitrogens with zero attached hydrogens (tertiary/aromatic N) is 4. The Labute approximate surface area is 255 Å². The molecule has 218 valence electrons. The normalized spacial score (nSPS) is 17.8. The fraction of sp³-hybridized carbons (Fsp3) is 0.212. The highest BCUT2D eigenvalue weighted by molar-refractivity contribution is 7.89. The van der Waals surface area contributed by atoms with Crippen molar-refractivity contribution in [2.24, 2.45) is 10.1 Å². The van der Waals surface area contributed by atoms with Gasteiger partial charge in [-0.2, -0.15) is 0 Å². The molecular formula is C33H31ClN6O2S. The van der Waals surface area contributed by atoms with Gasteiger partial charge in [0.15, 0.2) is 6.17 Å². The number of hydrogen-bond acceptors (Lipinski definition) is 6. The number of imidazole rings is 1. The van der Waals surface area contributed by atoms with Gasteiger partial charge in [-0.3, -0.25) is 9.89 Å². The van der Waals surface area contributed by atoms with Gasteiger partial charge in [-0.1, -0.05) is 66.2 Å². The van der Waals surface area contributed by atoms with E-state index in [9.17, 15) is 8.42 Å². The Morgan fingerprint density at radius 3 is 2.37 bits per heavy atom. The van der Waals surface area contributed by atoms with Gasteiger partial charge in [0.2, 0.25) is 10.0 Å². The second-order valence-corrected chi connectivity index (χ2v) is 13.1. The van der Waals surface area contributed by atoms with E-state index in [-0.39, 0.29) is 16.1 Å². The van der Waals surface area contributed by atoms with Crippen LogP contribution in [-0.4, -0.2) is 36.4 Å². The summed E-state index contributed by atoms with van der Waals surface area (Å²) in [7, 11) is -3.98. The fourth-order valence-corrected chi connectivity index (χ4v) is 7.14. The quantitative estimate of drug-likeness (QED) is 0.287. The highest BCUT2D eigenvalue weighted by Gasteiger charge is 2.25. The molecule has 1 saturated heterocycles. The Morgan fingerprint density at radius 2 is 1.65 bits per heavy atom. The molecule has 1 atom stereocenters. The number of nitrogens with one attached hydrogen (secondary N) is 1. The number of para-hydroxylation sites is 3. The lowest BCUT2D eigenvalue weighted by Crippen LogP contribution is -2.39. The molecule has 8 nitrogen and oxygen atoms in total. The van der Waals surface area contributed by atoms with Gasteiger partial charge in [-0.15, -0.1) is 0 Å². The molecular weight excluding hydrogens is 580 g/mol. The van der Waals surface area contributed by atoms with Crippen LogP contribution in [0.3, 0.4) is 0 Å². The molecule has 0 aliphatic carbocycles. The van der Waals surface area contributed by atoms with Crippen molar-refractivity contribution in [3.05, 3.63) is 124 Å². The van der Waals surface area contributed by atoms with E-state index < -0.39 is 10.0 Å². The van der Waals surface area contributed by atoms with Gasteiger partial charge in [0, 0.05) is 29.6 Å². The minimum absolute atomic E-state index is 0.0600. The Balaban J connectivity index is 1.10. The Hall–Kier alpha value is -4.02. The summed E-state index contributed by atoms with van der Waals surface area (Å²) in [5, 5.41) is 6.72. The van der Waals surface area contributed by atoms with Crippen LogP contribution in [-0.2, 0) is 16.6 Å². The van der Waals surface area contributed by atoms with Crippen molar-refractivity contribution >= 4 is 44.5 Å². The van der Waals surface area contributed by atoms with E-state index in [0.29, 0.717) is 16.5 Å². The summed E-state index contributed by atoms with van der Waals surface area (Å²) in [5.41, 5.74) is 5.34. The summed E-state index contributed by atoms with van der Waals surface area (Å²) in [6, 6.07) is 29.8. The van der Waals surface area contributed by atoms with E-state index in [1.54, 1.807) is 6.07 Å². The van der Waals surface area contributed by atoms with Gasteiger partial charge in [-0.05, 0) is 73.5 Å². The van der Waals surface area contributed by atoms with Crippen LogP contribution in [0.25, 0.3) is 17.2 Å². The maximum Gasteiger partial charge on any atom is 0.239 e. The molecule has 0 radical (unpaired) electrons. The van der Waals surface area contributed by atoms with E-state index in [0.717, 1.165) is 60.6 Å². The second kappa shape index (κ2) is 11.2. The number of aromatic amines is 1. The lowest BCUT2D eigenvalue weighted by Gasteiger charge is -2.32. The molecule has 2 aliphatic rings. The van der Waals surface area contributed by atoms with E-state index in [4.69, 9.17) is 26.7 Å². The number of sulfonamides is 1. The van der Waals surface area contributed by atoms with Crippen LogP contribution >= 0.6 is 11.6 Å². The summed E-state index contributed by atoms with van der Waals surface area (Å²) >= 11 is 6.31. The van der Waals surface area contributed by atoms with Crippen molar-refractivity contribution in [3.63, 3.8) is 0 Å². The number of nitrogens with two attached hydrogens (primary N) is 1. The van der Waals surface area contributed by atoms with Crippen LogP contribution in [0.15, 0.2) is 101 Å². The predicted molar refractivity (Wildman–Crippen MR) is 170 cm³/mol. The molecule has 7 rings (SSSR count). The Kier molecular flexibility index (Phi) is 7.26. The fourth-order valence-electron chi connectivity index (χ4n) is 6.04. The molecule has 4 aromatic carbocycles. The lowest BCUT2D eigenvalue weighted by molar-refractivity contribution is 0.202. The number of likely N-dealkylation sites (tertiary alicyclic amines) is 1. The monoisotopic (exact) mass is 610 g/mol. The summed E-state index contributed by atoms with van der Waals surface area (Å²) in [5.74, 6) is 1.56. The Bertz CT molecular complexity index is 1990. The molecule has 3 heterocycles. The van der Waals surface area contributed by atoms with Gasteiger partial charge in [0.25, 0.3) is 0 Å². The van der Waals surface area contributed by atoms with Crippen LogP contribution in [0.4, 0.5) is 5.69 Å². The van der Waals surface area contributed by atoms with E-state index in [2.05, 4.69) is 46.3 Å². The highest BCUT2D eigenvalue weighted by atomic mass is 35.5. The van der Waals surface area contributed by atoms with E-state index in [1.165, 1.54) is 11.6 Å². The van der Waals surface area contributed by atoms with Gasteiger partial charge < -0.3 is 9.88 Å². The smallest absolute Gasteiger partial charge is 0.239 e. The maximum atomic E-state index is 12.1. The number of rotatable bonds is 6. The third kappa shape index (κ3) is 5.69. The average Bonchev–Trinajstić information content (AvgIpc) is 3.45. The summed E-state index contributed by atoms with van der Waals surface area (Å²) in [4.78, 5) is 17.8. The van der Waals surface area contributed by atoms with Crippen LogP contribution < -0.4 is 20.6 Å². The number of aromatic nitrogens is 2. The largest absolute Gasteiger partial charge is 0.342 e. The molecule has 2 aliphatic heterocycles. The van der Waals surface area contributed by atoms with E-state index >= 15 is 0 Å². The van der Waals surface area contributed by atoms with Crippen molar-refractivity contribution in [1.29, 1.82) is 0 Å². The zero-order valence-electron chi connectivity index (χ0n) is 23.4. The first kappa shape index (κ1) is 27.8. The number of piperidine rings is 1. The van der Waals surface area contributed by atoms with Crippen LogP contribution in [0.1, 0.15) is 41.9 Å². The molecule has 43 heavy (non-hydrogen) atoms. The number of benzene rings is 4. The topological polar surface area (TPSA) is 108 Å². The summed E-state index contributed by atoms with van der Waals surface area (Å²) in [6.07, 6.45) is 3.72.